The van der Waals surface area contributed by atoms with Crippen LogP contribution in [0.25, 0.3) is 11.3 Å². The van der Waals surface area contributed by atoms with E-state index in [2.05, 4.69) is 5.32 Å². The van der Waals surface area contributed by atoms with Crippen molar-refractivity contribution < 1.29 is 18.7 Å². The molecule has 3 rings (SSSR count). The molecule has 1 unspecified atom stereocenters. The highest BCUT2D eigenvalue weighted by molar-refractivity contribution is 5.91. The summed E-state index contributed by atoms with van der Waals surface area (Å²) in [5.41, 5.74) is 1.65. The molecule has 0 aliphatic rings. The Balaban J connectivity index is 1.60. The average molecular weight is 297 g/mol. The fourth-order valence-corrected chi connectivity index (χ4v) is 2.11. The number of hydrogen-bond donors (Lipinski definition) is 2. The first kappa shape index (κ1) is 14.2. The molecule has 1 atom stereocenters. The highest BCUT2D eigenvalue weighted by atomic mass is 16.3. The maximum absolute atomic E-state index is 11.7. The van der Waals surface area contributed by atoms with E-state index in [0.717, 1.165) is 16.9 Å². The normalized spacial score (nSPS) is 12.0. The molecular weight excluding hydrogens is 282 g/mol. The van der Waals surface area contributed by atoms with E-state index in [-0.39, 0.29) is 18.2 Å². The summed E-state index contributed by atoms with van der Waals surface area (Å²) in [5.74, 6) is 0.642. The molecular formula is C17H15NO4. The van der Waals surface area contributed by atoms with Gasteiger partial charge < -0.3 is 19.3 Å². The molecule has 0 fully saturated rings. The molecule has 0 saturated carbocycles. The first-order valence-electron chi connectivity index (χ1n) is 6.87. The molecule has 1 aromatic carbocycles. The SMILES string of the molecule is O=C(NCC(O)c1ccc(-c2ccco2)cc1)c1ccco1. The lowest BCUT2D eigenvalue weighted by atomic mass is 10.1. The molecule has 3 aromatic rings. The lowest BCUT2D eigenvalue weighted by Crippen LogP contribution is -2.28. The van der Waals surface area contributed by atoms with Crippen LogP contribution in [0.5, 0.6) is 0 Å². The predicted octanol–water partition coefficient (Wildman–Crippen LogP) is 3.00. The first-order chi connectivity index (χ1) is 10.7. The number of amides is 1. The zero-order chi connectivity index (χ0) is 15.4. The molecule has 1 amide bonds. The summed E-state index contributed by atoms with van der Waals surface area (Å²) in [6, 6.07) is 14.2. The molecule has 2 aromatic heterocycles. The van der Waals surface area contributed by atoms with E-state index in [4.69, 9.17) is 8.83 Å². The van der Waals surface area contributed by atoms with Crippen molar-refractivity contribution >= 4 is 5.91 Å². The Hall–Kier alpha value is -2.79. The van der Waals surface area contributed by atoms with Gasteiger partial charge in [-0.15, -0.1) is 0 Å². The molecule has 0 saturated heterocycles. The Morgan fingerprint density at radius 2 is 1.77 bits per heavy atom. The highest BCUT2D eigenvalue weighted by Gasteiger charge is 2.12. The molecule has 0 aliphatic heterocycles. The van der Waals surface area contributed by atoms with Crippen LogP contribution in [0.4, 0.5) is 0 Å². The van der Waals surface area contributed by atoms with Gasteiger partial charge in [0.15, 0.2) is 5.76 Å². The summed E-state index contributed by atoms with van der Waals surface area (Å²) in [4.78, 5) is 11.7. The summed E-state index contributed by atoms with van der Waals surface area (Å²) in [6.45, 7) is 0.111. The minimum atomic E-state index is -0.787. The summed E-state index contributed by atoms with van der Waals surface area (Å²) >= 11 is 0. The van der Waals surface area contributed by atoms with Crippen molar-refractivity contribution in [3.8, 4) is 11.3 Å². The number of aliphatic hydroxyl groups is 1. The number of furan rings is 2. The van der Waals surface area contributed by atoms with Gasteiger partial charge in [0, 0.05) is 12.1 Å². The summed E-state index contributed by atoms with van der Waals surface area (Å²) in [5, 5.41) is 12.7. The molecule has 5 heteroatoms. The van der Waals surface area contributed by atoms with Gasteiger partial charge in [-0.1, -0.05) is 24.3 Å². The maximum Gasteiger partial charge on any atom is 0.287 e. The molecule has 0 bridgehead atoms. The summed E-state index contributed by atoms with van der Waals surface area (Å²) < 4.78 is 10.3. The Kier molecular flexibility index (Phi) is 4.07. The van der Waals surface area contributed by atoms with Crippen LogP contribution >= 0.6 is 0 Å². The third-order valence-electron chi connectivity index (χ3n) is 3.30. The Labute approximate surface area is 127 Å². The quantitative estimate of drug-likeness (QED) is 0.759. The fraction of sp³-hybridized carbons (Fsp3) is 0.118. The molecule has 2 N–H and O–H groups in total. The van der Waals surface area contributed by atoms with E-state index < -0.39 is 6.10 Å². The highest BCUT2D eigenvalue weighted by Crippen LogP contribution is 2.22. The van der Waals surface area contributed by atoms with Crippen molar-refractivity contribution in [2.24, 2.45) is 0 Å². The number of hydrogen-bond acceptors (Lipinski definition) is 4. The first-order valence-corrected chi connectivity index (χ1v) is 6.87. The zero-order valence-corrected chi connectivity index (χ0v) is 11.7. The van der Waals surface area contributed by atoms with Crippen LogP contribution < -0.4 is 5.32 Å². The van der Waals surface area contributed by atoms with E-state index in [9.17, 15) is 9.90 Å². The number of rotatable bonds is 5. The minimum absolute atomic E-state index is 0.111. The van der Waals surface area contributed by atoms with Gasteiger partial charge in [-0.25, -0.2) is 0 Å². The van der Waals surface area contributed by atoms with Gasteiger partial charge in [0.05, 0.1) is 18.6 Å². The van der Waals surface area contributed by atoms with Crippen molar-refractivity contribution in [1.82, 2.24) is 5.32 Å². The second-order valence-corrected chi connectivity index (χ2v) is 4.80. The maximum atomic E-state index is 11.7. The molecule has 0 aliphatic carbocycles. The standard InChI is InChI=1S/C17H15NO4/c19-14(11-18-17(20)16-4-2-10-22-16)12-5-7-13(8-6-12)15-3-1-9-21-15/h1-10,14,19H,11H2,(H,18,20). The summed E-state index contributed by atoms with van der Waals surface area (Å²) in [7, 11) is 0. The van der Waals surface area contributed by atoms with Crippen LogP contribution in [0.1, 0.15) is 22.2 Å². The fourth-order valence-electron chi connectivity index (χ4n) is 2.11. The van der Waals surface area contributed by atoms with E-state index >= 15 is 0 Å². The van der Waals surface area contributed by atoms with Gasteiger partial charge in [0.1, 0.15) is 5.76 Å². The molecule has 22 heavy (non-hydrogen) atoms. The minimum Gasteiger partial charge on any atom is -0.464 e. The van der Waals surface area contributed by atoms with E-state index in [1.165, 1.54) is 6.26 Å². The van der Waals surface area contributed by atoms with Crippen LogP contribution in [-0.4, -0.2) is 17.6 Å². The van der Waals surface area contributed by atoms with Crippen LogP contribution in [-0.2, 0) is 0 Å². The molecule has 5 nitrogen and oxygen atoms in total. The number of benzene rings is 1. The lowest BCUT2D eigenvalue weighted by molar-refractivity contribution is 0.0889. The smallest absolute Gasteiger partial charge is 0.287 e. The Morgan fingerprint density at radius 3 is 2.41 bits per heavy atom. The number of nitrogens with one attached hydrogen (secondary N) is 1. The largest absolute Gasteiger partial charge is 0.464 e. The molecule has 2 heterocycles. The third-order valence-corrected chi connectivity index (χ3v) is 3.30. The van der Waals surface area contributed by atoms with Crippen molar-refractivity contribution in [3.05, 3.63) is 72.4 Å². The van der Waals surface area contributed by atoms with Crippen LogP contribution in [0.2, 0.25) is 0 Å². The molecule has 112 valence electrons. The van der Waals surface area contributed by atoms with Crippen LogP contribution in [0.3, 0.4) is 0 Å². The van der Waals surface area contributed by atoms with Gasteiger partial charge in [0.25, 0.3) is 5.91 Å². The van der Waals surface area contributed by atoms with Gasteiger partial charge in [-0.2, -0.15) is 0 Å². The van der Waals surface area contributed by atoms with E-state index in [1.807, 2.05) is 36.4 Å². The second kappa shape index (κ2) is 6.32. The topological polar surface area (TPSA) is 75.6 Å². The van der Waals surface area contributed by atoms with Crippen molar-refractivity contribution in [3.63, 3.8) is 0 Å². The van der Waals surface area contributed by atoms with Crippen LogP contribution in [0.15, 0.2) is 69.9 Å². The predicted molar refractivity (Wildman–Crippen MR) is 80.1 cm³/mol. The Morgan fingerprint density at radius 1 is 1.05 bits per heavy atom. The van der Waals surface area contributed by atoms with Crippen LogP contribution in [0, 0.1) is 0 Å². The molecule has 0 spiro atoms. The zero-order valence-electron chi connectivity index (χ0n) is 11.7. The van der Waals surface area contributed by atoms with E-state index in [0.29, 0.717) is 0 Å². The van der Waals surface area contributed by atoms with Gasteiger partial charge in [-0.3, -0.25) is 4.79 Å². The third kappa shape index (κ3) is 3.10. The van der Waals surface area contributed by atoms with Crippen molar-refractivity contribution in [2.45, 2.75) is 6.10 Å². The van der Waals surface area contributed by atoms with Gasteiger partial charge in [0.2, 0.25) is 0 Å². The monoisotopic (exact) mass is 297 g/mol. The second-order valence-electron chi connectivity index (χ2n) is 4.80. The number of carbonyl (C=O) groups excluding carboxylic acids is 1. The lowest BCUT2D eigenvalue weighted by Gasteiger charge is -2.12. The average Bonchev–Trinajstić information content (AvgIpc) is 3.25. The Bertz CT molecular complexity index is 715. The summed E-state index contributed by atoms with van der Waals surface area (Å²) in [6.07, 6.45) is 2.26. The number of aliphatic hydroxyl groups excluding tert-OH is 1. The van der Waals surface area contributed by atoms with Gasteiger partial charge in [-0.05, 0) is 29.8 Å². The van der Waals surface area contributed by atoms with Crippen molar-refractivity contribution in [1.29, 1.82) is 0 Å². The van der Waals surface area contributed by atoms with Crippen molar-refractivity contribution in [2.75, 3.05) is 6.54 Å². The van der Waals surface area contributed by atoms with Gasteiger partial charge >= 0.3 is 0 Å². The van der Waals surface area contributed by atoms with E-state index in [1.54, 1.807) is 18.4 Å². The number of carbonyl (C=O) groups is 1. The molecule has 0 radical (unpaired) electrons.